The van der Waals surface area contributed by atoms with E-state index in [4.69, 9.17) is 21.7 Å². The van der Waals surface area contributed by atoms with E-state index in [0.29, 0.717) is 11.1 Å². The van der Waals surface area contributed by atoms with E-state index in [1.54, 1.807) is 13.0 Å². The van der Waals surface area contributed by atoms with Crippen LogP contribution >= 0.6 is 23.6 Å². The summed E-state index contributed by atoms with van der Waals surface area (Å²) < 4.78 is 49.6. The zero-order valence-corrected chi connectivity index (χ0v) is 19.7. The Bertz CT molecular complexity index is 1240. The zero-order chi connectivity index (χ0) is 25.0. The second kappa shape index (κ2) is 10.2. The van der Waals surface area contributed by atoms with Crippen LogP contribution in [0.25, 0.3) is 0 Å². The van der Waals surface area contributed by atoms with Gasteiger partial charge in [-0.25, -0.2) is 19.3 Å². The molecular weight excluding hydrogens is 495 g/mol. The topological polar surface area (TPSA) is 107 Å². The molecule has 0 atom stereocenters. The van der Waals surface area contributed by atoms with Crippen molar-refractivity contribution in [1.29, 1.82) is 0 Å². The van der Waals surface area contributed by atoms with Crippen LogP contribution in [0.4, 0.5) is 24.1 Å². The first kappa shape index (κ1) is 25.1. The average Bonchev–Trinajstić information content (AvgIpc) is 3.35. The van der Waals surface area contributed by atoms with E-state index in [2.05, 4.69) is 20.7 Å². The number of aromatic nitrogens is 3. The number of anilines is 2. The number of alkyl halides is 3. The third kappa shape index (κ3) is 5.69. The lowest BCUT2D eigenvalue weighted by Crippen LogP contribution is -2.21. The third-order valence-corrected chi connectivity index (χ3v) is 5.89. The number of carbonyl (C=O) groups is 2. The molecule has 0 aliphatic carbocycles. The Morgan fingerprint density at radius 3 is 2.53 bits per heavy atom. The molecule has 0 aliphatic rings. The van der Waals surface area contributed by atoms with E-state index in [1.807, 2.05) is 0 Å². The van der Waals surface area contributed by atoms with Crippen molar-refractivity contribution in [2.24, 2.45) is 0 Å². The van der Waals surface area contributed by atoms with Gasteiger partial charge in [0.2, 0.25) is 5.95 Å². The Morgan fingerprint density at radius 1 is 1.18 bits per heavy atom. The van der Waals surface area contributed by atoms with Crippen LogP contribution in [0, 0.1) is 6.92 Å². The molecule has 0 saturated heterocycles. The summed E-state index contributed by atoms with van der Waals surface area (Å²) in [6.45, 7) is 1.63. The highest BCUT2D eigenvalue weighted by Crippen LogP contribution is 2.34. The lowest BCUT2D eigenvalue weighted by Gasteiger charge is -2.09. The summed E-state index contributed by atoms with van der Waals surface area (Å²) >= 11 is 6.21. The number of rotatable bonds is 6. The van der Waals surface area contributed by atoms with Crippen LogP contribution in [0.15, 0.2) is 30.6 Å². The predicted octanol–water partition coefficient (Wildman–Crippen LogP) is 4.10. The molecule has 2 N–H and O–H groups in total. The second-order valence-corrected chi connectivity index (χ2v) is 8.22. The number of ether oxygens (including phenoxy) is 2. The van der Waals surface area contributed by atoms with Crippen LogP contribution in [0.5, 0.6) is 0 Å². The fourth-order valence-electron chi connectivity index (χ4n) is 2.93. The molecule has 2 aromatic heterocycles. The summed E-state index contributed by atoms with van der Waals surface area (Å²) in [4.78, 5) is 28.4. The minimum absolute atomic E-state index is 0.0136. The number of esters is 2. The molecule has 14 heteroatoms. The molecule has 1 aromatic carbocycles. The van der Waals surface area contributed by atoms with Crippen molar-refractivity contribution in [3.8, 4) is 0 Å². The molecular formula is C20H18F3N5O4S2. The smallest absolute Gasteiger partial charge is 0.416 e. The van der Waals surface area contributed by atoms with Crippen molar-refractivity contribution in [2.45, 2.75) is 19.6 Å². The van der Waals surface area contributed by atoms with E-state index < -0.39 is 23.7 Å². The van der Waals surface area contributed by atoms with Crippen molar-refractivity contribution in [3.05, 3.63) is 57.7 Å². The van der Waals surface area contributed by atoms with Gasteiger partial charge < -0.3 is 14.8 Å². The molecule has 0 amide bonds. The highest BCUT2D eigenvalue weighted by Gasteiger charge is 2.30. The maximum Gasteiger partial charge on any atom is 0.416 e. The Hall–Kier alpha value is -3.52. The molecule has 9 nitrogen and oxygen atoms in total. The number of nitrogens with zero attached hydrogens (tertiary/aromatic N) is 3. The third-order valence-electron chi connectivity index (χ3n) is 4.49. The molecule has 0 saturated carbocycles. The number of methoxy groups -OCH3 is 2. The van der Waals surface area contributed by atoms with Crippen molar-refractivity contribution in [1.82, 2.24) is 14.8 Å². The number of halogens is 3. The van der Waals surface area contributed by atoms with E-state index in [1.165, 1.54) is 31.3 Å². The van der Waals surface area contributed by atoms with Gasteiger partial charge in [-0.05, 0) is 42.4 Å². The van der Waals surface area contributed by atoms with Crippen LogP contribution in [-0.4, -0.2) is 46.0 Å². The number of benzene rings is 1. The van der Waals surface area contributed by atoms with Gasteiger partial charge in [0.05, 0.1) is 31.9 Å². The summed E-state index contributed by atoms with van der Waals surface area (Å²) in [6, 6.07) is 4.89. The maximum absolute atomic E-state index is 12.9. The number of nitrogens with one attached hydrogen (secondary N) is 2. The van der Waals surface area contributed by atoms with Gasteiger partial charge in [-0.2, -0.15) is 13.2 Å². The molecule has 0 spiro atoms. The van der Waals surface area contributed by atoms with E-state index in [0.717, 1.165) is 23.5 Å². The number of hydrogen-bond acceptors (Lipinski definition) is 8. The molecule has 180 valence electrons. The molecule has 0 radical (unpaired) electrons. The number of hydrogen-bond donors (Lipinski definition) is 2. The van der Waals surface area contributed by atoms with Gasteiger partial charge in [0.1, 0.15) is 16.2 Å². The number of thiocarbonyl (C=S) groups is 1. The lowest BCUT2D eigenvalue weighted by molar-refractivity contribution is -0.137. The van der Waals surface area contributed by atoms with Crippen LogP contribution in [0.2, 0.25) is 0 Å². The predicted molar refractivity (Wildman–Crippen MR) is 122 cm³/mol. The normalized spacial score (nSPS) is 11.1. The van der Waals surface area contributed by atoms with E-state index >= 15 is 0 Å². The van der Waals surface area contributed by atoms with Gasteiger partial charge in [-0.1, -0.05) is 12.1 Å². The van der Waals surface area contributed by atoms with E-state index in [-0.39, 0.29) is 33.0 Å². The number of carbonyl (C=O) groups excluding carboxylic acids is 2. The number of thiophene rings is 1. The summed E-state index contributed by atoms with van der Waals surface area (Å²) in [5.41, 5.74) is 0.129. The maximum atomic E-state index is 12.9. The average molecular weight is 514 g/mol. The lowest BCUT2D eigenvalue weighted by atomic mass is 10.1. The van der Waals surface area contributed by atoms with Gasteiger partial charge in [-0.3, -0.25) is 5.32 Å². The van der Waals surface area contributed by atoms with Gasteiger partial charge in [-0.15, -0.1) is 16.4 Å². The van der Waals surface area contributed by atoms with Crippen LogP contribution in [-0.2, 0) is 22.2 Å². The summed E-state index contributed by atoms with van der Waals surface area (Å²) in [5, 5.41) is 9.95. The molecule has 3 rings (SSSR count). The fraction of sp³-hybridized carbons (Fsp3) is 0.250. The van der Waals surface area contributed by atoms with Gasteiger partial charge >= 0.3 is 18.1 Å². The first-order valence-electron chi connectivity index (χ1n) is 9.47. The van der Waals surface area contributed by atoms with Gasteiger partial charge in [0.25, 0.3) is 0 Å². The van der Waals surface area contributed by atoms with Crippen LogP contribution < -0.4 is 10.6 Å². The second-order valence-electron chi connectivity index (χ2n) is 6.79. The fourth-order valence-corrected chi connectivity index (χ4v) is 4.31. The minimum Gasteiger partial charge on any atom is -0.465 e. The monoisotopic (exact) mass is 513 g/mol. The standard InChI is InChI=1S/C20H18F3N5O4S2/c1-10-13(16(29)31-2)15(34-14(10)17(30)32-3)25-19(33)26-18-24-9-28(27-18)8-11-5-4-6-12(7-11)20(21,22)23/h4-7,9H,8H2,1-3H3,(H2,25,26,27,33). The molecule has 3 aromatic rings. The van der Waals surface area contributed by atoms with Gasteiger partial charge in [0.15, 0.2) is 5.11 Å². The molecule has 0 bridgehead atoms. The Kier molecular flexibility index (Phi) is 7.51. The van der Waals surface area contributed by atoms with Crippen LogP contribution in [0.1, 0.15) is 36.7 Å². The Labute approximate surface area is 200 Å². The molecule has 0 unspecified atom stereocenters. The highest BCUT2D eigenvalue weighted by molar-refractivity contribution is 7.80. The minimum atomic E-state index is -4.44. The van der Waals surface area contributed by atoms with Gasteiger partial charge in [0, 0.05) is 0 Å². The molecule has 0 fully saturated rings. The Balaban J connectivity index is 1.72. The summed E-state index contributed by atoms with van der Waals surface area (Å²) in [5.74, 6) is -1.21. The Morgan fingerprint density at radius 2 is 1.88 bits per heavy atom. The van der Waals surface area contributed by atoms with Crippen molar-refractivity contribution in [2.75, 3.05) is 24.9 Å². The summed E-state index contributed by atoms with van der Waals surface area (Å²) in [6.07, 6.45) is -3.12. The summed E-state index contributed by atoms with van der Waals surface area (Å²) in [7, 11) is 2.43. The molecule has 2 heterocycles. The van der Waals surface area contributed by atoms with Crippen molar-refractivity contribution < 1.29 is 32.2 Å². The first-order chi connectivity index (χ1) is 16.0. The largest absolute Gasteiger partial charge is 0.465 e. The van der Waals surface area contributed by atoms with Crippen LogP contribution in [0.3, 0.4) is 0 Å². The molecule has 34 heavy (non-hydrogen) atoms. The zero-order valence-electron chi connectivity index (χ0n) is 18.0. The molecule has 0 aliphatic heterocycles. The van der Waals surface area contributed by atoms with E-state index in [9.17, 15) is 22.8 Å². The quantitative estimate of drug-likeness (QED) is 0.372. The van der Waals surface area contributed by atoms with Crippen molar-refractivity contribution >= 4 is 51.6 Å². The first-order valence-corrected chi connectivity index (χ1v) is 10.7. The highest BCUT2D eigenvalue weighted by atomic mass is 32.1. The van der Waals surface area contributed by atoms with Crippen molar-refractivity contribution in [3.63, 3.8) is 0 Å². The SMILES string of the molecule is COC(=O)c1sc(NC(=S)Nc2ncn(Cc3cccc(C(F)(F)F)c3)n2)c(C(=O)OC)c1C.